The number of carbonyl (C=O) groups excluding carboxylic acids is 1. The van der Waals surface area contributed by atoms with E-state index in [-0.39, 0.29) is 11.7 Å². The number of imidazole rings is 1. The average Bonchev–Trinajstić information content (AvgIpc) is 2.91. The number of hydrogen-bond acceptors (Lipinski definition) is 4. The molecule has 1 amide bonds. The molecule has 2 heterocycles. The van der Waals surface area contributed by atoms with Gasteiger partial charge in [0.2, 0.25) is 11.9 Å². The van der Waals surface area contributed by atoms with Gasteiger partial charge in [-0.25, -0.2) is 4.98 Å². The second-order valence-electron chi connectivity index (χ2n) is 5.43. The van der Waals surface area contributed by atoms with Gasteiger partial charge in [0.05, 0.1) is 23.1 Å². The van der Waals surface area contributed by atoms with Crippen molar-refractivity contribution >= 4 is 22.9 Å². The molecule has 0 fully saturated rings. The van der Waals surface area contributed by atoms with E-state index in [1.165, 1.54) is 0 Å². The van der Waals surface area contributed by atoms with Crippen molar-refractivity contribution in [1.29, 1.82) is 5.26 Å². The molecule has 6 heteroatoms. The Bertz CT molecular complexity index is 970. The molecule has 0 radical (unpaired) electrons. The van der Waals surface area contributed by atoms with E-state index < -0.39 is 12.0 Å². The fourth-order valence-corrected chi connectivity index (χ4v) is 3.07. The van der Waals surface area contributed by atoms with Crippen LogP contribution in [0, 0.1) is 17.2 Å². The van der Waals surface area contributed by atoms with Crippen LogP contribution >= 0.6 is 0 Å². The summed E-state index contributed by atoms with van der Waals surface area (Å²) in [6.07, 6.45) is 0. The Hall–Kier alpha value is -3.33. The van der Waals surface area contributed by atoms with Crippen LogP contribution in [0.4, 0.5) is 5.95 Å². The summed E-state index contributed by atoms with van der Waals surface area (Å²) in [5.41, 5.74) is 2.26. The molecule has 0 bridgehead atoms. The molecule has 0 saturated heterocycles. The van der Waals surface area contributed by atoms with Crippen molar-refractivity contribution in [2.45, 2.75) is 6.04 Å². The van der Waals surface area contributed by atoms with Gasteiger partial charge in [-0.05, 0) is 29.8 Å². The van der Waals surface area contributed by atoms with Crippen LogP contribution in [0.25, 0.3) is 11.0 Å². The maximum absolute atomic E-state index is 12.3. The monoisotopic (exact) mass is 304 g/mol. The van der Waals surface area contributed by atoms with Gasteiger partial charge in [0, 0.05) is 0 Å². The fourth-order valence-electron chi connectivity index (χ4n) is 3.07. The van der Waals surface area contributed by atoms with Crippen LogP contribution in [-0.2, 0) is 4.79 Å². The van der Waals surface area contributed by atoms with E-state index in [9.17, 15) is 15.2 Å². The topological polar surface area (TPSA) is 90.9 Å². The highest BCUT2D eigenvalue weighted by Crippen LogP contribution is 2.38. The number of phenols is 1. The minimum atomic E-state index is -0.901. The van der Waals surface area contributed by atoms with Gasteiger partial charge in [-0.3, -0.25) is 10.1 Å². The third-order valence-electron chi connectivity index (χ3n) is 4.06. The first kappa shape index (κ1) is 13.3. The van der Waals surface area contributed by atoms with Crippen molar-refractivity contribution in [3.63, 3.8) is 0 Å². The van der Waals surface area contributed by atoms with E-state index in [0.29, 0.717) is 11.5 Å². The van der Waals surface area contributed by atoms with Gasteiger partial charge in [-0.2, -0.15) is 5.26 Å². The zero-order chi connectivity index (χ0) is 16.0. The number of anilines is 1. The summed E-state index contributed by atoms with van der Waals surface area (Å²) in [5.74, 6) is -0.780. The third-order valence-corrected chi connectivity index (χ3v) is 4.06. The molecule has 0 spiro atoms. The standard InChI is InChI=1S/C17H12N4O2/c18-9-12-15(10-4-3-5-11(22)8-10)21-14-7-2-1-6-13(14)19-17(21)20-16(12)23/h1-8,12,15,22H,(H,19,20,23). The highest BCUT2D eigenvalue weighted by molar-refractivity contribution is 5.97. The van der Waals surface area contributed by atoms with Crippen LogP contribution in [0.15, 0.2) is 48.5 Å². The molecule has 4 rings (SSSR count). The lowest BCUT2D eigenvalue weighted by molar-refractivity contribution is -0.119. The maximum Gasteiger partial charge on any atom is 0.246 e. The number of nitrogens with zero attached hydrogens (tertiary/aromatic N) is 3. The predicted octanol–water partition coefficient (Wildman–Crippen LogP) is 2.42. The van der Waals surface area contributed by atoms with Crippen LogP contribution in [0.3, 0.4) is 0 Å². The number of nitriles is 1. The van der Waals surface area contributed by atoms with Crippen LogP contribution < -0.4 is 5.32 Å². The van der Waals surface area contributed by atoms with Crippen molar-refractivity contribution in [1.82, 2.24) is 9.55 Å². The predicted molar refractivity (Wildman–Crippen MR) is 83.7 cm³/mol. The van der Waals surface area contributed by atoms with Gasteiger partial charge in [-0.1, -0.05) is 24.3 Å². The summed E-state index contributed by atoms with van der Waals surface area (Å²) in [5, 5.41) is 22.0. The first-order valence-corrected chi connectivity index (χ1v) is 7.15. The molecule has 2 aromatic carbocycles. The van der Waals surface area contributed by atoms with Gasteiger partial charge in [0.25, 0.3) is 0 Å². The molecular formula is C17H12N4O2. The molecule has 1 aliphatic rings. The SMILES string of the molecule is N#CC1C(=O)Nc2nc3ccccc3n2C1c1cccc(O)c1. The zero-order valence-electron chi connectivity index (χ0n) is 12.0. The van der Waals surface area contributed by atoms with Crippen molar-refractivity contribution in [3.8, 4) is 11.8 Å². The molecule has 1 aromatic heterocycles. The van der Waals surface area contributed by atoms with E-state index in [2.05, 4.69) is 16.4 Å². The van der Waals surface area contributed by atoms with Gasteiger partial charge in [0.15, 0.2) is 5.92 Å². The summed E-state index contributed by atoms with van der Waals surface area (Å²) in [6, 6.07) is 15.7. The largest absolute Gasteiger partial charge is 0.508 e. The summed E-state index contributed by atoms with van der Waals surface area (Å²) < 4.78 is 1.85. The molecule has 2 N–H and O–H groups in total. The number of hydrogen-bond donors (Lipinski definition) is 2. The van der Waals surface area contributed by atoms with Crippen molar-refractivity contribution < 1.29 is 9.90 Å². The Morgan fingerprint density at radius 1 is 1.22 bits per heavy atom. The highest BCUT2D eigenvalue weighted by atomic mass is 16.3. The van der Waals surface area contributed by atoms with Crippen LogP contribution in [-0.4, -0.2) is 20.6 Å². The van der Waals surface area contributed by atoms with Crippen molar-refractivity contribution in [3.05, 3.63) is 54.1 Å². The number of aromatic nitrogens is 2. The molecule has 3 aromatic rings. The Kier molecular flexibility index (Phi) is 2.81. The van der Waals surface area contributed by atoms with Crippen LogP contribution in [0.5, 0.6) is 5.75 Å². The van der Waals surface area contributed by atoms with Gasteiger partial charge in [0.1, 0.15) is 5.75 Å². The van der Waals surface area contributed by atoms with E-state index in [1.54, 1.807) is 24.3 Å². The molecule has 2 atom stereocenters. The van der Waals surface area contributed by atoms with Gasteiger partial charge >= 0.3 is 0 Å². The van der Waals surface area contributed by atoms with Crippen LogP contribution in [0.1, 0.15) is 11.6 Å². The number of benzene rings is 2. The molecule has 0 aliphatic carbocycles. The van der Waals surface area contributed by atoms with Gasteiger partial charge in [-0.15, -0.1) is 0 Å². The Balaban J connectivity index is 2.02. The van der Waals surface area contributed by atoms with E-state index in [4.69, 9.17) is 0 Å². The minimum absolute atomic E-state index is 0.0937. The average molecular weight is 304 g/mol. The second kappa shape index (κ2) is 4.85. The Labute approximate surface area is 131 Å². The highest BCUT2D eigenvalue weighted by Gasteiger charge is 2.38. The summed E-state index contributed by atoms with van der Waals surface area (Å²) >= 11 is 0. The number of carbonyl (C=O) groups is 1. The second-order valence-corrected chi connectivity index (χ2v) is 5.43. The van der Waals surface area contributed by atoms with E-state index in [0.717, 1.165) is 11.0 Å². The molecule has 6 nitrogen and oxygen atoms in total. The number of amides is 1. The van der Waals surface area contributed by atoms with Crippen molar-refractivity contribution in [2.75, 3.05) is 5.32 Å². The summed E-state index contributed by atoms with van der Waals surface area (Å²) in [7, 11) is 0. The molecule has 2 unspecified atom stereocenters. The molecule has 1 aliphatic heterocycles. The molecule has 112 valence electrons. The summed E-state index contributed by atoms with van der Waals surface area (Å²) in [6.45, 7) is 0. The number of para-hydroxylation sites is 2. The lowest BCUT2D eigenvalue weighted by Crippen LogP contribution is -2.37. The van der Waals surface area contributed by atoms with Crippen LogP contribution in [0.2, 0.25) is 0 Å². The first-order chi connectivity index (χ1) is 11.2. The number of nitrogens with one attached hydrogen (secondary N) is 1. The lowest BCUT2D eigenvalue weighted by atomic mass is 9.91. The number of aromatic hydroxyl groups is 1. The molecule has 0 saturated carbocycles. The normalized spacial score (nSPS) is 19.9. The van der Waals surface area contributed by atoms with E-state index in [1.807, 2.05) is 28.8 Å². The third kappa shape index (κ3) is 1.94. The lowest BCUT2D eigenvalue weighted by Gasteiger charge is -2.29. The minimum Gasteiger partial charge on any atom is -0.508 e. The quantitative estimate of drug-likeness (QED) is 0.722. The van der Waals surface area contributed by atoms with E-state index >= 15 is 0 Å². The Morgan fingerprint density at radius 3 is 2.83 bits per heavy atom. The smallest absolute Gasteiger partial charge is 0.246 e. The maximum atomic E-state index is 12.3. The fraction of sp³-hybridized carbons (Fsp3) is 0.118. The summed E-state index contributed by atoms with van der Waals surface area (Å²) in [4.78, 5) is 16.7. The zero-order valence-corrected chi connectivity index (χ0v) is 12.0. The van der Waals surface area contributed by atoms with Gasteiger partial charge < -0.3 is 9.67 Å². The number of rotatable bonds is 1. The number of fused-ring (bicyclic) bond motifs is 3. The van der Waals surface area contributed by atoms with Crippen molar-refractivity contribution in [2.24, 2.45) is 5.92 Å². The Morgan fingerprint density at radius 2 is 2.04 bits per heavy atom. The molecular weight excluding hydrogens is 292 g/mol. The first-order valence-electron chi connectivity index (χ1n) is 7.15. The number of phenolic OH excluding ortho intramolecular Hbond substituents is 1. The molecule has 23 heavy (non-hydrogen) atoms.